The van der Waals surface area contributed by atoms with Gasteiger partial charge in [-0.1, -0.05) is 51.2 Å². The van der Waals surface area contributed by atoms with Crippen LogP contribution >= 0.6 is 0 Å². The van der Waals surface area contributed by atoms with E-state index in [1.165, 1.54) is 67.2 Å². The molecule has 2 rings (SSSR count). The lowest BCUT2D eigenvalue weighted by Gasteiger charge is -2.29. The van der Waals surface area contributed by atoms with E-state index in [2.05, 4.69) is 45.1 Å². The first-order valence-corrected chi connectivity index (χ1v) is 8.93. The topological polar surface area (TPSA) is 12.0 Å². The van der Waals surface area contributed by atoms with Crippen molar-refractivity contribution in [3.63, 3.8) is 0 Å². The van der Waals surface area contributed by atoms with Crippen molar-refractivity contribution in [2.24, 2.45) is 5.92 Å². The van der Waals surface area contributed by atoms with Gasteiger partial charge >= 0.3 is 0 Å². The Morgan fingerprint density at radius 3 is 2.33 bits per heavy atom. The number of hydrogen-bond acceptors (Lipinski definition) is 1. The molecule has 1 fully saturated rings. The average Bonchev–Trinajstić information content (AvgIpc) is 2.48. The smallest absolute Gasteiger partial charge is 0.0325 e. The molecular formula is C20H33N. The molecule has 21 heavy (non-hydrogen) atoms. The van der Waals surface area contributed by atoms with Gasteiger partial charge in [0.15, 0.2) is 0 Å². The van der Waals surface area contributed by atoms with Gasteiger partial charge in [-0.25, -0.2) is 0 Å². The second-order valence-electron chi connectivity index (χ2n) is 7.04. The molecule has 0 spiro atoms. The molecule has 118 valence electrons. The van der Waals surface area contributed by atoms with Crippen LogP contribution in [-0.2, 0) is 0 Å². The number of aryl methyl sites for hydroxylation is 3. The van der Waals surface area contributed by atoms with Crippen molar-refractivity contribution in [3.8, 4) is 0 Å². The minimum Gasteiger partial charge on any atom is -0.310 e. The first-order chi connectivity index (χ1) is 10.1. The molecule has 0 bridgehead atoms. The molecule has 0 heterocycles. The normalized spacial score (nSPS) is 17.9. The van der Waals surface area contributed by atoms with Crippen molar-refractivity contribution in [1.82, 2.24) is 5.32 Å². The predicted molar refractivity (Wildman–Crippen MR) is 92.9 cm³/mol. The Hall–Kier alpha value is -0.820. The van der Waals surface area contributed by atoms with Crippen molar-refractivity contribution in [3.05, 3.63) is 34.4 Å². The fourth-order valence-corrected chi connectivity index (χ4v) is 3.75. The van der Waals surface area contributed by atoms with Crippen LogP contribution in [0.1, 0.15) is 80.2 Å². The molecule has 1 aliphatic rings. The van der Waals surface area contributed by atoms with Crippen LogP contribution in [0.2, 0.25) is 0 Å². The van der Waals surface area contributed by atoms with Gasteiger partial charge in [-0.2, -0.15) is 0 Å². The van der Waals surface area contributed by atoms with Crippen LogP contribution in [0.3, 0.4) is 0 Å². The molecule has 1 unspecified atom stereocenters. The summed E-state index contributed by atoms with van der Waals surface area (Å²) < 4.78 is 0. The molecule has 0 saturated heterocycles. The van der Waals surface area contributed by atoms with E-state index in [-0.39, 0.29) is 0 Å². The highest BCUT2D eigenvalue weighted by Crippen LogP contribution is 2.33. The zero-order chi connectivity index (χ0) is 15.2. The molecule has 0 radical (unpaired) electrons. The van der Waals surface area contributed by atoms with E-state index < -0.39 is 0 Å². The Labute approximate surface area is 131 Å². The first kappa shape index (κ1) is 16.5. The summed E-state index contributed by atoms with van der Waals surface area (Å²) >= 11 is 0. The Morgan fingerprint density at radius 2 is 1.67 bits per heavy atom. The molecule has 1 aromatic carbocycles. The van der Waals surface area contributed by atoms with Gasteiger partial charge in [0.05, 0.1) is 0 Å². The van der Waals surface area contributed by atoms with Gasteiger partial charge in [-0.15, -0.1) is 0 Å². The lowest BCUT2D eigenvalue weighted by atomic mass is 9.82. The summed E-state index contributed by atoms with van der Waals surface area (Å²) in [6.45, 7) is 10.1. The molecule has 1 nitrogen and oxygen atoms in total. The first-order valence-electron chi connectivity index (χ1n) is 8.93. The molecule has 1 aromatic rings. The minimum atomic E-state index is 0.548. The maximum absolute atomic E-state index is 3.82. The monoisotopic (exact) mass is 287 g/mol. The quantitative estimate of drug-likeness (QED) is 0.715. The number of rotatable bonds is 6. The summed E-state index contributed by atoms with van der Waals surface area (Å²) in [5, 5.41) is 3.82. The molecule has 1 saturated carbocycles. The van der Waals surface area contributed by atoms with E-state index in [1.54, 1.807) is 0 Å². The van der Waals surface area contributed by atoms with E-state index in [0.717, 1.165) is 12.5 Å². The van der Waals surface area contributed by atoms with Crippen LogP contribution in [0, 0.1) is 26.7 Å². The zero-order valence-electron chi connectivity index (χ0n) is 14.5. The number of benzene rings is 1. The largest absolute Gasteiger partial charge is 0.310 e. The van der Waals surface area contributed by atoms with E-state index in [9.17, 15) is 0 Å². The lowest BCUT2D eigenvalue weighted by molar-refractivity contribution is 0.299. The summed E-state index contributed by atoms with van der Waals surface area (Å²) in [6.07, 6.45) is 9.75. The van der Waals surface area contributed by atoms with Crippen molar-refractivity contribution >= 4 is 0 Å². The van der Waals surface area contributed by atoms with Crippen LogP contribution in [0.25, 0.3) is 0 Å². The van der Waals surface area contributed by atoms with Crippen molar-refractivity contribution in [1.29, 1.82) is 0 Å². The lowest BCUT2D eigenvalue weighted by Crippen LogP contribution is -2.26. The highest BCUT2D eigenvalue weighted by molar-refractivity contribution is 5.38. The van der Waals surface area contributed by atoms with E-state index in [0.29, 0.717) is 6.04 Å². The van der Waals surface area contributed by atoms with Crippen LogP contribution < -0.4 is 5.32 Å². The molecule has 1 N–H and O–H groups in total. The Kier molecular flexibility index (Phi) is 6.29. The van der Waals surface area contributed by atoms with Crippen LogP contribution in [-0.4, -0.2) is 6.54 Å². The zero-order valence-corrected chi connectivity index (χ0v) is 14.5. The summed E-state index contributed by atoms with van der Waals surface area (Å²) in [4.78, 5) is 0. The van der Waals surface area contributed by atoms with Gasteiger partial charge in [-0.05, 0) is 68.3 Å². The molecule has 1 heteroatoms. The standard InChI is InChI=1S/C20H33N/c1-5-11-21-20(14-18-9-7-6-8-10-18)19-13-16(3)15(2)12-17(19)4/h12-13,18,20-21H,5-11,14H2,1-4H3. The second-order valence-corrected chi connectivity index (χ2v) is 7.04. The third-order valence-electron chi connectivity index (χ3n) is 5.19. The van der Waals surface area contributed by atoms with E-state index in [1.807, 2.05) is 0 Å². The second kappa shape index (κ2) is 7.98. The Bertz CT molecular complexity index is 443. The summed E-state index contributed by atoms with van der Waals surface area (Å²) in [5.74, 6) is 0.925. The molecule has 0 aromatic heterocycles. The summed E-state index contributed by atoms with van der Waals surface area (Å²) in [7, 11) is 0. The van der Waals surface area contributed by atoms with Crippen LogP contribution in [0.5, 0.6) is 0 Å². The summed E-state index contributed by atoms with van der Waals surface area (Å²) in [6, 6.07) is 5.35. The highest BCUT2D eigenvalue weighted by Gasteiger charge is 2.21. The molecule has 1 atom stereocenters. The Morgan fingerprint density at radius 1 is 1.00 bits per heavy atom. The maximum Gasteiger partial charge on any atom is 0.0325 e. The van der Waals surface area contributed by atoms with Crippen molar-refractivity contribution < 1.29 is 0 Å². The highest BCUT2D eigenvalue weighted by atomic mass is 14.9. The van der Waals surface area contributed by atoms with E-state index in [4.69, 9.17) is 0 Å². The predicted octanol–water partition coefficient (Wildman–Crippen LogP) is 5.62. The van der Waals surface area contributed by atoms with Gasteiger partial charge < -0.3 is 5.32 Å². The third kappa shape index (κ3) is 4.57. The number of hydrogen-bond donors (Lipinski definition) is 1. The SMILES string of the molecule is CCCNC(CC1CCCCC1)c1cc(C)c(C)cc1C. The van der Waals surface area contributed by atoms with Crippen LogP contribution in [0.15, 0.2) is 12.1 Å². The van der Waals surface area contributed by atoms with Gasteiger partial charge in [0.1, 0.15) is 0 Å². The fourth-order valence-electron chi connectivity index (χ4n) is 3.75. The van der Waals surface area contributed by atoms with Crippen molar-refractivity contribution in [2.45, 2.75) is 78.7 Å². The molecule has 0 aliphatic heterocycles. The molecule has 1 aliphatic carbocycles. The third-order valence-corrected chi connectivity index (χ3v) is 5.19. The van der Waals surface area contributed by atoms with Crippen molar-refractivity contribution in [2.75, 3.05) is 6.54 Å². The Balaban J connectivity index is 2.16. The van der Waals surface area contributed by atoms with Gasteiger partial charge in [-0.3, -0.25) is 0 Å². The van der Waals surface area contributed by atoms with Crippen LogP contribution in [0.4, 0.5) is 0 Å². The average molecular weight is 287 g/mol. The number of nitrogens with one attached hydrogen (secondary N) is 1. The van der Waals surface area contributed by atoms with E-state index >= 15 is 0 Å². The van der Waals surface area contributed by atoms with Gasteiger partial charge in [0.25, 0.3) is 0 Å². The summed E-state index contributed by atoms with van der Waals surface area (Å²) in [5.41, 5.74) is 5.85. The van der Waals surface area contributed by atoms with Gasteiger partial charge in [0.2, 0.25) is 0 Å². The molecular weight excluding hydrogens is 254 g/mol. The molecule has 0 amide bonds. The maximum atomic E-state index is 3.82. The fraction of sp³-hybridized carbons (Fsp3) is 0.700. The van der Waals surface area contributed by atoms with Gasteiger partial charge in [0, 0.05) is 6.04 Å². The minimum absolute atomic E-state index is 0.548.